The molecule has 12 heteroatoms. The van der Waals surface area contributed by atoms with Crippen LogP contribution < -0.4 is 10.2 Å². The Balaban J connectivity index is 1.13. The SMILES string of the molecule is FC(F)(F)c1ccc(CN2CCN(c3c(Br)cnc4nc(-c5ccc(CN6CCNCC6)cc5)[nH]c34)CC2)cn1. The molecule has 0 saturated carbocycles. The molecule has 210 valence electrons. The standard InChI is InChI=1S/C28H30BrF3N8/c29-22-16-35-27-24(36-26(37-27)21-4-1-19(2-5-21)17-38-9-7-33-8-10-38)25(22)40-13-11-39(12-14-40)18-20-3-6-23(34-15-20)28(30,31)32/h1-6,15-16,33H,7-14,17-18H2,(H,35,36,37). The first-order valence-electron chi connectivity index (χ1n) is 13.4. The number of benzene rings is 1. The Morgan fingerprint density at radius 2 is 1.48 bits per heavy atom. The molecule has 5 heterocycles. The normalized spacial score (nSPS) is 17.6. The van der Waals surface area contributed by atoms with Crippen LogP contribution in [0.5, 0.6) is 0 Å². The fourth-order valence-corrected chi connectivity index (χ4v) is 5.89. The maximum atomic E-state index is 12.8. The van der Waals surface area contributed by atoms with Crippen LogP contribution >= 0.6 is 15.9 Å². The number of nitrogens with zero attached hydrogens (tertiary/aromatic N) is 6. The number of aromatic nitrogens is 4. The van der Waals surface area contributed by atoms with Gasteiger partial charge in [-0.15, -0.1) is 0 Å². The van der Waals surface area contributed by atoms with Crippen LogP contribution in [0.3, 0.4) is 0 Å². The van der Waals surface area contributed by atoms with Gasteiger partial charge >= 0.3 is 6.18 Å². The van der Waals surface area contributed by atoms with Gasteiger partial charge in [-0.05, 0) is 33.1 Å². The summed E-state index contributed by atoms with van der Waals surface area (Å²) in [5.41, 5.74) is 4.78. The molecule has 0 aliphatic carbocycles. The van der Waals surface area contributed by atoms with Gasteiger partial charge in [0.05, 0.1) is 10.2 Å². The number of nitrogens with one attached hydrogen (secondary N) is 2. The van der Waals surface area contributed by atoms with Gasteiger partial charge in [-0.25, -0.2) is 9.97 Å². The third kappa shape index (κ3) is 5.99. The molecule has 2 fully saturated rings. The molecule has 2 saturated heterocycles. The van der Waals surface area contributed by atoms with Crippen molar-refractivity contribution in [2.24, 2.45) is 0 Å². The number of imidazole rings is 1. The molecule has 2 aliphatic rings. The summed E-state index contributed by atoms with van der Waals surface area (Å²) >= 11 is 3.69. The van der Waals surface area contributed by atoms with Crippen molar-refractivity contribution in [2.75, 3.05) is 57.3 Å². The van der Waals surface area contributed by atoms with Gasteiger partial charge in [0.1, 0.15) is 17.0 Å². The van der Waals surface area contributed by atoms with Gasteiger partial charge in [-0.1, -0.05) is 30.3 Å². The van der Waals surface area contributed by atoms with Crippen molar-refractivity contribution in [1.29, 1.82) is 0 Å². The van der Waals surface area contributed by atoms with Gasteiger partial charge < -0.3 is 15.2 Å². The van der Waals surface area contributed by atoms with Crippen LogP contribution in [0.2, 0.25) is 0 Å². The maximum Gasteiger partial charge on any atom is 0.433 e. The highest BCUT2D eigenvalue weighted by Gasteiger charge is 2.32. The molecular weight excluding hydrogens is 585 g/mol. The fourth-order valence-electron chi connectivity index (χ4n) is 5.34. The van der Waals surface area contributed by atoms with E-state index in [1.54, 1.807) is 6.20 Å². The van der Waals surface area contributed by atoms with Crippen molar-refractivity contribution in [3.8, 4) is 11.4 Å². The lowest BCUT2D eigenvalue weighted by Crippen LogP contribution is -2.46. The average Bonchev–Trinajstić information content (AvgIpc) is 3.39. The molecule has 0 unspecified atom stereocenters. The second kappa shape index (κ2) is 11.4. The van der Waals surface area contributed by atoms with E-state index in [0.717, 1.165) is 97.6 Å². The zero-order valence-corrected chi connectivity index (χ0v) is 23.5. The zero-order chi connectivity index (χ0) is 27.7. The first kappa shape index (κ1) is 27.1. The number of hydrogen-bond donors (Lipinski definition) is 2. The second-order valence-electron chi connectivity index (χ2n) is 10.3. The summed E-state index contributed by atoms with van der Waals surface area (Å²) in [6, 6.07) is 11.1. The lowest BCUT2D eigenvalue weighted by atomic mass is 10.1. The van der Waals surface area contributed by atoms with Crippen molar-refractivity contribution >= 4 is 32.8 Å². The molecule has 0 spiro atoms. The number of piperazine rings is 2. The molecule has 40 heavy (non-hydrogen) atoms. The van der Waals surface area contributed by atoms with Crippen LogP contribution in [-0.2, 0) is 19.3 Å². The molecule has 2 N–H and O–H groups in total. The van der Waals surface area contributed by atoms with E-state index >= 15 is 0 Å². The third-order valence-electron chi connectivity index (χ3n) is 7.50. The number of alkyl halides is 3. The molecule has 6 rings (SSSR count). The highest BCUT2D eigenvalue weighted by Crippen LogP contribution is 2.34. The average molecular weight is 616 g/mol. The van der Waals surface area contributed by atoms with Gasteiger partial charge in [0.15, 0.2) is 5.65 Å². The quantitative estimate of drug-likeness (QED) is 0.330. The highest BCUT2D eigenvalue weighted by atomic mass is 79.9. The number of aromatic amines is 1. The molecule has 8 nitrogen and oxygen atoms in total. The smallest absolute Gasteiger partial charge is 0.366 e. The first-order valence-corrected chi connectivity index (χ1v) is 14.2. The van der Waals surface area contributed by atoms with Crippen LogP contribution in [0.25, 0.3) is 22.6 Å². The Morgan fingerprint density at radius 1 is 0.800 bits per heavy atom. The van der Waals surface area contributed by atoms with Crippen LogP contribution in [0, 0.1) is 0 Å². The van der Waals surface area contributed by atoms with E-state index in [2.05, 4.69) is 75.2 Å². The number of rotatable bonds is 6. The summed E-state index contributed by atoms with van der Waals surface area (Å²) in [5.74, 6) is 0.781. The van der Waals surface area contributed by atoms with Gasteiger partial charge in [-0.3, -0.25) is 14.8 Å². The van der Waals surface area contributed by atoms with E-state index < -0.39 is 11.9 Å². The van der Waals surface area contributed by atoms with Crippen molar-refractivity contribution in [2.45, 2.75) is 19.3 Å². The van der Waals surface area contributed by atoms with E-state index in [1.807, 2.05) is 0 Å². The monoisotopic (exact) mass is 614 g/mol. The minimum absolute atomic E-state index is 0.560. The molecule has 3 aromatic heterocycles. The number of fused-ring (bicyclic) bond motifs is 1. The Morgan fingerprint density at radius 3 is 2.15 bits per heavy atom. The van der Waals surface area contributed by atoms with Crippen molar-refractivity contribution in [3.63, 3.8) is 0 Å². The Kier molecular flexibility index (Phi) is 7.76. The molecule has 1 aromatic carbocycles. The third-order valence-corrected chi connectivity index (χ3v) is 8.08. The summed E-state index contributed by atoms with van der Waals surface area (Å²) in [6.45, 7) is 8.78. The summed E-state index contributed by atoms with van der Waals surface area (Å²) in [5, 5.41) is 3.39. The molecule has 4 aromatic rings. The minimum Gasteiger partial charge on any atom is -0.366 e. The van der Waals surface area contributed by atoms with Crippen molar-refractivity contribution < 1.29 is 13.2 Å². The van der Waals surface area contributed by atoms with E-state index in [4.69, 9.17) is 4.98 Å². The van der Waals surface area contributed by atoms with Crippen LogP contribution in [-0.4, -0.2) is 82.1 Å². The highest BCUT2D eigenvalue weighted by molar-refractivity contribution is 9.10. The lowest BCUT2D eigenvalue weighted by Gasteiger charge is -2.36. The van der Waals surface area contributed by atoms with E-state index in [-0.39, 0.29) is 0 Å². The maximum absolute atomic E-state index is 12.8. The molecule has 0 atom stereocenters. The summed E-state index contributed by atoms with van der Waals surface area (Å²) in [7, 11) is 0. The van der Waals surface area contributed by atoms with Gasteiger partial charge in [0.2, 0.25) is 0 Å². The molecule has 0 bridgehead atoms. The molecule has 0 radical (unpaired) electrons. The predicted octanol–water partition coefficient (Wildman–Crippen LogP) is 4.53. The van der Waals surface area contributed by atoms with Crippen LogP contribution in [0.1, 0.15) is 16.8 Å². The van der Waals surface area contributed by atoms with E-state index in [0.29, 0.717) is 12.2 Å². The van der Waals surface area contributed by atoms with E-state index in [1.165, 1.54) is 17.8 Å². The first-order chi connectivity index (χ1) is 19.3. The number of hydrogen-bond acceptors (Lipinski definition) is 7. The van der Waals surface area contributed by atoms with Crippen molar-refractivity contribution in [3.05, 3.63) is 70.1 Å². The summed E-state index contributed by atoms with van der Waals surface area (Å²) in [6.07, 6.45) is -1.31. The largest absolute Gasteiger partial charge is 0.433 e. The summed E-state index contributed by atoms with van der Waals surface area (Å²) in [4.78, 5) is 23.4. The minimum atomic E-state index is -4.42. The predicted molar refractivity (Wildman–Crippen MR) is 152 cm³/mol. The number of anilines is 1. The molecule has 0 amide bonds. The van der Waals surface area contributed by atoms with Crippen molar-refractivity contribution in [1.82, 2.24) is 35.1 Å². The zero-order valence-electron chi connectivity index (χ0n) is 21.9. The fraction of sp³-hybridized carbons (Fsp3) is 0.393. The topological polar surface area (TPSA) is 76.2 Å². The molecular formula is C28H30BrF3N8. The Bertz CT molecular complexity index is 1440. The molecule has 2 aliphatic heterocycles. The number of halogens is 4. The van der Waals surface area contributed by atoms with Crippen LogP contribution in [0.4, 0.5) is 18.9 Å². The number of H-pyrrole nitrogens is 1. The van der Waals surface area contributed by atoms with Gasteiger partial charge in [0, 0.05) is 83.4 Å². The second-order valence-corrected chi connectivity index (χ2v) is 11.1. The Labute approximate surface area is 238 Å². The van der Waals surface area contributed by atoms with Gasteiger partial charge in [0.25, 0.3) is 0 Å². The lowest BCUT2D eigenvalue weighted by molar-refractivity contribution is -0.141. The number of pyridine rings is 2. The van der Waals surface area contributed by atoms with Crippen LogP contribution in [0.15, 0.2) is 53.3 Å². The Hall–Kier alpha value is -3.06. The van der Waals surface area contributed by atoms with Gasteiger partial charge in [-0.2, -0.15) is 13.2 Å². The summed E-state index contributed by atoms with van der Waals surface area (Å²) < 4.78 is 39.4. The van der Waals surface area contributed by atoms with E-state index in [9.17, 15) is 13.2 Å².